The minimum Gasteiger partial charge on any atom is -0.368 e. The summed E-state index contributed by atoms with van der Waals surface area (Å²) in [5, 5.41) is 15.5. The summed E-state index contributed by atoms with van der Waals surface area (Å²) in [4.78, 5) is 11.6. The zero-order chi connectivity index (χ0) is 13.2. The Morgan fingerprint density at radius 3 is 3.00 bits per heavy atom. The second-order valence-corrected chi connectivity index (χ2v) is 5.89. The quantitative estimate of drug-likeness (QED) is 0.778. The first-order valence-electron chi connectivity index (χ1n) is 5.95. The minimum absolute atomic E-state index is 0.272. The molecule has 0 bridgehead atoms. The van der Waals surface area contributed by atoms with Gasteiger partial charge in [-0.05, 0) is 43.2 Å². The van der Waals surface area contributed by atoms with Crippen molar-refractivity contribution in [3.63, 3.8) is 0 Å². The number of nitrogens with zero attached hydrogens (tertiary/aromatic N) is 4. The van der Waals surface area contributed by atoms with Gasteiger partial charge >= 0.3 is 0 Å². The van der Waals surface area contributed by atoms with Crippen molar-refractivity contribution in [2.75, 3.05) is 7.05 Å². The molecule has 8 heteroatoms. The van der Waals surface area contributed by atoms with E-state index in [4.69, 9.17) is 5.73 Å². The Labute approximate surface area is 110 Å². The molecule has 1 heterocycles. The molecule has 1 aromatic rings. The fourth-order valence-electron chi connectivity index (χ4n) is 2.37. The summed E-state index contributed by atoms with van der Waals surface area (Å²) in [6.07, 6.45) is 3.55. The molecule has 7 nitrogen and oxygen atoms in total. The van der Waals surface area contributed by atoms with Crippen molar-refractivity contribution >= 4 is 17.7 Å². The highest BCUT2D eigenvalue weighted by atomic mass is 32.2. The van der Waals surface area contributed by atoms with Gasteiger partial charge in [0, 0.05) is 12.3 Å². The Morgan fingerprint density at radius 2 is 2.44 bits per heavy atom. The Hall–Kier alpha value is -1.15. The van der Waals surface area contributed by atoms with E-state index in [0.29, 0.717) is 5.25 Å². The van der Waals surface area contributed by atoms with Gasteiger partial charge in [-0.25, -0.2) is 4.68 Å². The van der Waals surface area contributed by atoms with Crippen molar-refractivity contribution in [1.82, 2.24) is 25.5 Å². The molecule has 1 aliphatic carbocycles. The number of nitrogens with two attached hydrogens (primary N) is 1. The van der Waals surface area contributed by atoms with Gasteiger partial charge in [-0.15, -0.1) is 5.10 Å². The van der Waals surface area contributed by atoms with Crippen LogP contribution >= 0.6 is 11.8 Å². The first kappa shape index (κ1) is 13.3. The molecule has 1 amide bonds. The molecule has 0 aliphatic heterocycles. The Morgan fingerprint density at radius 1 is 1.67 bits per heavy atom. The summed E-state index contributed by atoms with van der Waals surface area (Å²) < 4.78 is 1.64. The van der Waals surface area contributed by atoms with E-state index in [1.807, 2.05) is 7.05 Å². The molecular weight excluding hydrogens is 252 g/mol. The highest BCUT2D eigenvalue weighted by Crippen LogP contribution is 2.37. The zero-order valence-corrected chi connectivity index (χ0v) is 11.4. The maximum Gasteiger partial charge on any atom is 0.237 e. The van der Waals surface area contributed by atoms with Gasteiger partial charge < -0.3 is 11.1 Å². The number of carbonyl (C=O) groups is 1. The molecule has 18 heavy (non-hydrogen) atoms. The van der Waals surface area contributed by atoms with Crippen molar-refractivity contribution < 1.29 is 4.79 Å². The van der Waals surface area contributed by atoms with Crippen molar-refractivity contribution in [1.29, 1.82) is 0 Å². The molecule has 0 radical (unpaired) electrons. The van der Waals surface area contributed by atoms with E-state index in [0.717, 1.165) is 30.8 Å². The summed E-state index contributed by atoms with van der Waals surface area (Å²) in [6, 6.07) is 0. The van der Waals surface area contributed by atoms with Gasteiger partial charge in [0.2, 0.25) is 11.1 Å². The van der Waals surface area contributed by atoms with E-state index in [2.05, 4.69) is 20.8 Å². The topological polar surface area (TPSA) is 98.7 Å². The number of carbonyl (C=O) groups excluding carboxylic acids is 1. The second-order valence-electron chi connectivity index (χ2n) is 4.62. The first-order chi connectivity index (χ1) is 8.57. The van der Waals surface area contributed by atoms with Crippen LogP contribution in [0.25, 0.3) is 0 Å². The molecule has 2 rings (SSSR count). The fraction of sp³-hybridized carbons (Fsp3) is 0.800. The van der Waals surface area contributed by atoms with Crippen LogP contribution in [-0.2, 0) is 11.8 Å². The SMILES string of the molecule is CNC1(C(N)=O)CCCC(Sc2nnnn2C)C1. The maximum atomic E-state index is 11.6. The number of amides is 1. The normalized spacial score (nSPS) is 28.2. The summed E-state index contributed by atoms with van der Waals surface area (Å²) in [7, 11) is 3.60. The molecule has 3 N–H and O–H groups in total. The van der Waals surface area contributed by atoms with Gasteiger partial charge in [0.05, 0.1) is 5.54 Å². The van der Waals surface area contributed by atoms with E-state index in [-0.39, 0.29) is 5.91 Å². The number of primary amides is 1. The van der Waals surface area contributed by atoms with Crippen LogP contribution in [0.15, 0.2) is 5.16 Å². The maximum absolute atomic E-state index is 11.6. The number of nitrogens with one attached hydrogen (secondary N) is 1. The summed E-state index contributed by atoms with van der Waals surface area (Å²) in [5.41, 5.74) is 4.94. The molecule has 2 atom stereocenters. The van der Waals surface area contributed by atoms with Gasteiger partial charge in [-0.2, -0.15) is 0 Å². The van der Waals surface area contributed by atoms with Crippen LogP contribution < -0.4 is 11.1 Å². The number of aromatic nitrogens is 4. The average molecular weight is 270 g/mol. The smallest absolute Gasteiger partial charge is 0.237 e. The molecule has 1 aliphatic rings. The third-order valence-electron chi connectivity index (χ3n) is 3.51. The molecule has 2 unspecified atom stereocenters. The monoisotopic (exact) mass is 270 g/mol. The number of tetrazole rings is 1. The van der Waals surface area contributed by atoms with Crippen molar-refractivity contribution in [2.24, 2.45) is 12.8 Å². The predicted molar refractivity (Wildman–Crippen MR) is 67.9 cm³/mol. The summed E-state index contributed by atoms with van der Waals surface area (Å²) >= 11 is 1.61. The zero-order valence-electron chi connectivity index (χ0n) is 10.6. The van der Waals surface area contributed by atoms with E-state index in [1.165, 1.54) is 0 Å². The summed E-state index contributed by atoms with van der Waals surface area (Å²) in [5.74, 6) is -0.272. The molecule has 100 valence electrons. The van der Waals surface area contributed by atoms with Crippen molar-refractivity contribution in [3.05, 3.63) is 0 Å². The van der Waals surface area contributed by atoms with Gasteiger partial charge in [0.15, 0.2) is 0 Å². The van der Waals surface area contributed by atoms with E-state index < -0.39 is 5.54 Å². The Kier molecular flexibility index (Phi) is 3.86. The lowest BCUT2D eigenvalue weighted by atomic mass is 9.81. The minimum atomic E-state index is -0.581. The van der Waals surface area contributed by atoms with Gasteiger partial charge in [-0.3, -0.25) is 4.79 Å². The van der Waals surface area contributed by atoms with Crippen LogP contribution in [-0.4, -0.2) is 44.0 Å². The fourth-order valence-corrected chi connectivity index (χ4v) is 3.59. The van der Waals surface area contributed by atoms with E-state index in [1.54, 1.807) is 23.5 Å². The van der Waals surface area contributed by atoms with Crippen molar-refractivity contribution in [3.8, 4) is 0 Å². The van der Waals surface area contributed by atoms with E-state index in [9.17, 15) is 4.79 Å². The highest BCUT2D eigenvalue weighted by Gasteiger charge is 2.40. The number of aryl methyl sites for hydroxylation is 1. The van der Waals surface area contributed by atoms with Gasteiger partial charge in [0.1, 0.15) is 0 Å². The Bertz CT molecular complexity index is 436. The molecular formula is C10H18N6OS. The Balaban J connectivity index is 2.07. The largest absolute Gasteiger partial charge is 0.368 e. The molecule has 0 aromatic carbocycles. The van der Waals surface area contributed by atoms with Crippen LogP contribution in [0.3, 0.4) is 0 Å². The summed E-state index contributed by atoms with van der Waals surface area (Å²) in [6.45, 7) is 0. The molecule has 1 aromatic heterocycles. The van der Waals surface area contributed by atoms with E-state index >= 15 is 0 Å². The van der Waals surface area contributed by atoms with Gasteiger partial charge in [-0.1, -0.05) is 11.8 Å². The first-order valence-corrected chi connectivity index (χ1v) is 6.83. The number of hydrogen-bond donors (Lipinski definition) is 2. The average Bonchev–Trinajstić information content (AvgIpc) is 2.75. The van der Waals surface area contributed by atoms with Gasteiger partial charge in [0.25, 0.3) is 0 Å². The van der Waals surface area contributed by atoms with Crippen LogP contribution in [0, 0.1) is 0 Å². The standard InChI is InChI=1S/C10H18N6OS/c1-12-10(8(11)17)5-3-4-7(6-10)18-9-13-14-15-16(9)2/h7,12H,3-6H2,1-2H3,(H2,11,17). The van der Waals surface area contributed by atoms with Crippen LogP contribution in [0.2, 0.25) is 0 Å². The number of likely N-dealkylation sites (N-methyl/N-ethyl adjacent to an activating group) is 1. The lowest BCUT2D eigenvalue weighted by molar-refractivity contribution is -0.125. The third-order valence-corrected chi connectivity index (χ3v) is 4.80. The molecule has 0 saturated heterocycles. The van der Waals surface area contributed by atoms with Crippen molar-refractivity contribution in [2.45, 2.75) is 41.6 Å². The van der Waals surface area contributed by atoms with Crippen LogP contribution in [0.1, 0.15) is 25.7 Å². The van der Waals surface area contributed by atoms with Crippen LogP contribution in [0.4, 0.5) is 0 Å². The molecule has 1 fully saturated rings. The number of thioether (sulfide) groups is 1. The molecule has 0 spiro atoms. The lowest BCUT2D eigenvalue weighted by Gasteiger charge is -2.37. The number of rotatable bonds is 4. The predicted octanol–water partition coefficient (Wildman–Crippen LogP) is -0.312. The highest BCUT2D eigenvalue weighted by molar-refractivity contribution is 7.99. The third kappa shape index (κ3) is 2.49. The van der Waals surface area contributed by atoms with Crippen LogP contribution in [0.5, 0.6) is 0 Å². The second kappa shape index (κ2) is 5.23. The number of hydrogen-bond acceptors (Lipinski definition) is 6. The molecule has 1 saturated carbocycles. The lowest BCUT2D eigenvalue weighted by Crippen LogP contribution is -2.57.